The lowest BCUT2D eigenvalue weighted by molar-refractivity contribution is 0.0935. The van der Waals surface area contributed by atoms with Crippen molar-refractivity contribution in [2.45, 2.75) is 24.8 Å². The molecule has 4 heteroatoms. The van der Waals surface area contributed by atoms with E-state index >= 15 is 0 Å². The molecule has 0 aromatic heterocycles. The van der Waals surface area contributed by atoms with Crippen molar-refractivity contribution < 1.29 is 9.18 Å². The summed E-state index contributed by atoms with van der Waals surface area (Å²) in [6, 6.07) is 12.3. The Labute approximate surface area is 128 Å². The number of amides is 1. The van der Waals surface area contributed by atoms with E-state index in [0.717, 1.165) is 11.1 Å². The highest BCUT2D eigenvalue weighted by Gasteiger charge is 2.15. The van der Waals surface area contributed by atoms with Crippen LogP contribution in [0.3, 0.4) is 0 Å². The molecule has 0 saturated carbocycles. The lowest BCUT2D eigenvalue weighted by Crippen LogP contribution is -2.27. The van der Waals surface area contributed by atoms with Crippen molar-refractivity contribution in [3.63, 3.8) is 0 Å². The molecule has 0 fully saturated rings. The maximum absolute atomic E-state index is 13.7. The van der Waals surface area contributed by atoms with Crippen molar-refractivity contribution in [2.24, 2.45) is 0 Å². The van der Waals surface area contributed by atoms with Gasteiger partial charge in [-0.3, -0.25) is 4.79 Å². The summed E-state index contributed by atoms with van der Waals surface area (Å²) in [6.07, 6.45) is 2.01. The molecular formula is C17H18FNOS. The minimum absolute atomic E-state index is 0.0857. The molecule has 21 heavy (non-hydrogen) atoms. The molecule has 0 aliphatic heterocycles. The fourth-order valence-corrected chi connectivity index (χ4v) is 2.47. The summed E-state index contributed by atoms with van der Waals surface area (Å²) < 4.78 is 13.7. The lowest BCUT2D eigenvalue weighted by atomic mass is 10.1. The first kappa shape index (κ1) is 15.6. The number of halogens is 1. The number of rotatable bonds is 4. The van der Waals surface area contributed by atoms with Gasteiger partial charge in [-0.1, -0.05) is 23.8 Å². The number of carbonyl (C=O) groups excluding carboxylic acids is 1. The minimum atomic E-state index is -0.497. The monoisotopic (exact) mass is 303 g/mol. The number of carbonyl (C=O) groups is 1. The Kier molecular flexibility index (Phi) is 5.02. The topological polar surface area (TPSA) is 29.1 Å². The summed E-state index contributed by atoms with van der Waals surface area (Å²) in [6.45, 7) is 3.72. The molecule has 2 nitrogen and oxygen atoms in total. The number of nitrogens with one attached hydrogen (secondary N) is 1. The van der Waals surface area contributed by atoms with Gasteiger partial charge in [-0.15, -0.1) is 11.8 Å². The summed E-state index contributed by atoms with van der Waals surface area (Å²) in [7, 11) is 0. The summed E-state index contributed by atoms with van der Waals surface area (Å²) in [5, 5.41) is 2.83. The quantitative estimate of drug-likeness (QED) is 0.851. The van der Waals surface area contributed by atoms with Crippen LogP contribution in [0.5, 0.6) is 0 Å². The summed E-state index contributed by atoms with van der Waals surface area (Å²) in [4.78, 5) is 13.3. The van der Waals surface area contributed by atoms with Crippen molar-refractivity contribution >= 4 is 17.7 Å². The number of aryl methyl sites for hydroxylation is 1. The van der Waals surface area contributed by atoms with Gasteiger partial charge in [-0.05, 0) is 49.9 Å². The predicted octanol–water partition coefficient (Wildman–Crippen LogP) is 4.35. The Morgan fingerprint density at radius 3 is 2.48 bits per heavy atom. The van der Waals surface area contributed by atoms with Crippen molar-refractivity contribution in [1.82, 2.24) is 5.32 Å². The average molecular weight is 303 g/mol. The minimum Gasteiger partial charge on any atom is -0.345 e. The molecule has 0 bridgehead atoms. The molecule has 0 aliphatic carbocycles. The first-order chi connectivity index (χ1) is 10.0. The standard InChI is InChI=1S/C17H18FNOS/c1-11-4-9-16(18)15(10-11)17(20)19-12(2)13-5-7-14(21-3)8-6-13/h4-10,12H,1-3H3,(H,19,20). The lowest BCUT2D eigenvalue weighted by Gasteiger charge is -2.15. The Bertz CT molecular complexity index is 640. The van der Waals surface area contributed by atoms with Crippen molar-refractivity contribution in [1.29, 1.82) is 0 Å². The van der Waals surface area contributed by atoms with E-state index < -0.39 is 11.7 Å². The Morgan fingerprint density at radius 2 is 1.86 bits per heavy atom. The zero-order chi connectivity index (χ0) is 15.4. The van der Waals surface area contributed by atoms with Crippen LogP contribution >= 0.6 is 11.8 Å². The first-order valence-electron chi connectivity index (χ1n) is 6.72. The highest BCUT2D eigenvalue weighted by molar-refractivity contribution is 7.98. The van der Waals surface area contributed by atoms with Crippen LogP contribution in [-0.2, 0) is 0 Å². The highest BCUT2D eigenvalue weighted by atomic mass is 32.2. The molecule has 0 spiro atoms. The van der Waals surface area contributed by atoms with E-state index in [1.54, 1.807) is 23.9 Å². The zero-order valence-electron chi connectivity index (χ0n) is 12.3. The van der Waals surface area contributed by atoms with Gasteiger partial charge in [0.2, 0.25) is 0 Å². The van der Waals surface area contributed by atoms with Gasteiger partial charge in [0.15, 0.2) is 0 Å². The van der Waals surface area contributed by atoms with Gasteiger partial charge in [-0.2, -0.15) is 0 Å². The molecule has 1 N–H and O–H groups in total. The third-order valence-electron chi connectivity index (χ3n) is 3.33. The van der Waals surface area contributed by atoms with Crippen LogP contribution in [0.4, 0.5) is 4.39 Å². The number of benzene rings is 2. The Balaban J connectivity index is 2.12. The second-order valence-electron chi connectivity index (χ2n) is 4.95. The van der Waals surface area contributed by atoms with Crippen LogP contribution in [0.2, 0.25) is 0 Å². The normalized spacial score (nSPS) is 12.0. The molecule has 0 heterocycles. The number of hydrogen-bond acceptors (Lipinski definition) is 2. The van der Waals surface area contributed by atoms with Gasteiger partial charge in [0, 0.05) is 4.90 Å². The van der Waals surface area contributed by atoms with Gasteiger partial charge in [0.25, 0.3) is 5.91 Å². The third-order valence-corrected chi connectivity index (χ3v) is 4.07. The predicted molar refractivity (Wildman–Crippen MR) is 85.2 cm³/mol. The fourth-order valence-electron chi connectivity index (χ4n) is 2.06. The second-order valence-corrected chi connectivity index (χ2v) is 5.83. The smallest absolute Gasteiger partial charge is 0.254 e. The molecule has 2 rings (SSSR count). The maximum Gasteiger partial charge on any atom is 0.254 e. The third kappa shape index (κ3) is 3.85. The van der Waals surface area contributed by atoms with Gasteiger partial charge in [0.05, 0.1) is 11.6 Å². The molecule has 2 aromatic carbocycles. The van der Waals surface area contributed by atoms with Gasteiger partial charge in [0.1, 0.15) is 5.82 Å². The van der Waals surface area contributed by atoms with Crippen LogP contribution < -0.4 is 5.32 Å². The van der Waals surface area contributed by atoms with Crippen molar-refractivity contribution in [3.8, 4) is 0 Å². The molecule has 110 valence electrons. The fraction of sp³-hybridized carbons (Fsp3) is 0.235. The van der Waals surface area contributed by atoms with E-state index in [2.05, 4.69) is 5.32 Å². The van der Waals surface area contributed by atoms with Gasteiger partial charge < -0.3 is 5.32 Å². The molecule has 1 unspecified atom stereocenters. The van der Waals surface area contributed by atoms with E-state index in [0.29, 0.717) is 0 Å². The average Bonchev–Trinajstić information content (AvgIpc) is 2.49. The van der Waals surface area contributed by atoms with Crippen LogP contribution in [0.25, 0.3) is 0 Å². The Morgan fingerprint density at radius 1 is 1.19 bits per heavy atom. The summed E-state index contributed by atoms with van der Waals surface area (Å²) in [5.74, 6) is -0.888. The van der Waals surface area contributed by atoms with E-state index in [1.165, 1.54) is 11.0 Å². The number of thioether (sulfide) groups is 1. The van der Waals surface area contributed by atoms with E-state index in [9.17, 15) is 9.18 Å². The molecule has 0 radical (unpaired) electrons. The van der Waals surface area contributed by atoms with Crippen LogP contribution in [0, 0.1) is 12.7 Å². The molecular weight excluding hydrogens is 285 g/mol. The van der Waals surface area contributed by atoms with Gasteiger partial charge >= 0.3 is 0 Å². The van der Waals surface area contributed by atoms with Crippen LogP contribution in [-0.4, -0.2) is 12.2 Å². The molecule has 0 saturated heterocycles. The van der Waals surface area contributed by atoms with E-state index in [-0.39, 0.29) is 11.6 Å². The van der Waals surface area contributed by atoms with E-state index in [1.807, 2.05) is 44.4 Å². The molecule has 1 atom stereocenters. The highest BCUT2D eigenvalue weighted by Crippen LogP contribution is 2.19. The van der Waals surface area contributed by atoms with Crippen molar-refractivity contribution in [2.75, 3.05) is 6.26 Å². The summed E-state index contributed by atoms with van der Waals surface area (Å²) >= 11 is 1.67. The first-order valence-corrected chi connectivity index (χ1v) is 7.94. The zero-order valence-corrected chi connectivity index (χ0v) is 13.1. The number of hydrogen-bond donors (Lipinski definition) is 1. The molecule has 2 aromatic rings. The molecule has 0 aliphatic rings. The SMILES string of the molecule is CSc1ccc(C(C)NC(=O)c2cc(C)ccc2F)cc1. The van der Waals surface area contributed by atoms with Crippen LogP contribution in [0.15, 0.2) is 47.4 Å². The van der Waals surface area contributed by atoms with Gasteiger partial charge in [-0.25, -0.2) is 4.39 Å². The largest absolute Gasteiger partial charge is 0.345 e. The van der Waals surface area contributed by atoms with E-state index in [4.69, 9.17) is 0 Å². The van der Waals surface area contributed by atoms with Crippen LogP contribution in [0.1, 0.15) is 34.5 Å². The summed E-state index contributed by atoms with van der Waals surface area (Å²) in [5.41, 5.74) is 1.94. The second kappa shape index (κ2) is 6.76. The van der Waals surface area contributed by atoms with Crippen molar-refractivity contribution in [3.05, 3.63) is 65.0 Å². The maximum atomic E-state index is 13.7. The Hall–Kier alpha value is -1.81. The molecule has 1 amide bonds.